The number of hydrogen-bond donors (Lipinski definition) is 1. The number of carboxylic acids is 1. The maximum Gasteiger partial charge on any atom is 0.318 e. The second-order valence-electron chi connectivity index (χ2n) is 6.26. The molecule has 1 heterocycles. The van der Waals surface area contributed by atoms with E-state index >= 15 is 0 Å². The average molecular weight is 350 g/mol. The number of hydrogen-bond acceptors (Lipinski definition) is 5. The van der Waals surface area contributed by atoms with E-state index in [2.05, 4.69) is 0 Å². The molecule has 9 heteroatoms. The van der Waals surface area contributed by atoms with Gasteiger partial charge in [-0.05, 0) is 5.92 Å². The van der Waals surface area contributed by atoms with Crippen LogP contribution in [-0.4, -0.2) is 79.8 Å². The molecule has 2 unspecified atom stereocenters. The van der Waals surface area contributed by atoms with Gasteiger partial charge in [-0.15, -0.1) is 0 Å². The van der Waals surface area contributed by atoms with Gasteiger partial charge in [-0.1, -0.05) is 20.8 Å². The van der Waals surface area contributed by atoms with Crippen LogP contribution in [0.1, 0.15) is 20.8 Å². The zero-order valence-corrected chi connectivity index (χ0v) is 14.9. The summed E-state index contributed by atoms with van der Waals surface area (Å²) in [6, 6.07) is 0. The average Bonchev–Trinajstić information content (AvgIpc) is 2.43. The summed E-state index contributed by atoms with van der Waals surface area (Å²) in [5.74, 6) is -1.13. The van der Waals surface area contributed by atoms with Crippen molar-refractivity contribution in [2.45, 2.75) is 26.9 Å². The number of carbonyl (C=O) groups excluding carboxylic acids is 1. The van der Waals surface area contributed by atoms with E-state index in [1.165, 1.54) is 0 Å². The third-order valence-corrected chi connectivity index (χ3v) is 5.24. The maximum atomic E-state index is 12.4. The molecule has 1 rings (SSSR count). The van der Waals surface area contributed by atoms with Crippen molar-refractivity contribution in [1.82, 2.24) is 9.21 Å². The number of sulfonamides is 1. The summed E-state index contributed by atoms with van der Waals surface area (Å²) >= 11 is 0. The topological polar surface area (TPSA) is 104 Å². The van der Waals surface area contributed by atoms with Crippen molar-refractivity contribution < 1.29 is 27.9 Å². The SMILES string of the molecule is CC(C)C(C)C(=O)N1CCOC(CN(CC(=O)O)S(C)(=O)=O)C1. The quantitative estimate of drug-likeness (QED) is 0.685. The molecule has 1 fully saturated rings. The van der Waals surface area contributed by atoms with Crippen LogP contribution in [0.4, 0.5) is 0 Å². The molecule has 0 bridgehead atoms. The first-order valence-electron chi connectivity index (χ1n) is 7.59. The van der Waals surface area contributed by atoms with Crippen LogP contribution < -0.4 is 0 Å². The Hall–Kier alpha value is -1.19. The molecule has 0 radical (unpaired) electrons. The molecule has 2 atom stereocenters. The molecule has 1 saturated heterocycles. The molecule has 0 aromatic rings. The van der Waals surface area contributed by atoms with E-state index in [-0.39, 0.29) is 30.8 Å². The van der Waals surface area contributed by atoms with Crippen LogP contribution in [0, 0.1) is 11.8 Å². The summed E-state index contributed by atoms with van der Waals surface area (Å²) in [6.45, 7) is 6.15. The molecule has 1 aliphatic heterocycles. The first-order chi connectivity index (χ1) is 10.5. The third kappa shape index (κ3) is 6.08. The van der Waals surface area contributed by atoms with Crippen molar-refractivity contribution >= 4 is 21.9 Å². The Kier molecular flexibility index (Phi) is 6.97. The minimum atomic E-state index is -3.66. The van der Waals surface area contributed by atoms with Gasteiger partial charge in [-0.25, -0.2) is 8.42 Å². The normalized spacial score (nSPS) is 20.8. The Morgan fingerprint density at radius 1 is 1.35 bits per heavy atom. The Morgan fingerprint density at radius 3 is 2.43 bits per heavy atom. The summed E-state index contributed by atoms with van der Waals surface area (Å²) in [4.78, 5) is 24.9. The standard InChI is InChI=1S/C14H26N2O6S/c1-10(2)11(3)14(19)15-5-6-22-12(7-15)8-16(9-13(17)18)23(4,20)21/h10-12H,5-9H2,1-4H3,(H,17,18). The van der Waals surface area contributed by atoms with Crippen molar-refractivity contribution in [3.05, 3.63) is 0 Å². The zero-order valence-electron chi connectivity index (χ0n) is 14.1. The van der Waals surface area contributed by atoms with Crippen molar-refractivity contribution in [3.8, 4) is 0 Å². The molecule has 1 aliphatic rings. The largest absolute Gasteiger partial charge is 0.480 e. The van der Waals surface area contributed by atoms with Gasteiger partial charge >= 0.3 is 5.97 Å². The lowest BCUT2D eigenvalue weighted by molar-refractivity contribution is -0.145. The Labute approximate surface area is 137 Å². The molecule has 0 saturated carbocycles. The zero-order chi connectivity index (χ0) is 17.8. The van der Waals surface area contributed by atoms with E-state index in [0.29, 0.717) is 13.2 Å². The fraction of sp³-hybridized carbons (Fsp3) is 0.857. The Bertz CT molecular complexity index is 533. The van der Waals surface area contributed by atoms with Crippen molar-refractivity contribution in [2.24, 2.45) is 11.8 Å². The number of amides is 1. The van der Waals surface area contributed by atoms with E-state index in [1.54, 1.807) is 4.90 Å². The summed E-state index contributed by atoms with van der Waals surface area (Å²) in [5, 5.41) is 8.84. The van der Waals surface area contributed by atoms with Gasteiger partial charge in [0.15, 0.2) is 0 Å². The first kappa shape index (κ1) is 19.9. The predicted molar refractivity (Wildman–Crippen MR) is 84.4 cm³/mol. The highest BCUT2D eigenvalue weighted by Gasteiger charge is 2.31. The third-order valence-electron chi connectivity index (χ3n) is 4.03. The lowest BCUT2D eigenvalue weighted by Gasteiger charge is -2.36. The van der Waals surface area contributed by atoms with Crippen LogP contribution >= 0.6 is 0 Å². The fourth-order valence-corrected chi connectivity index (χ4v) is 3.08. The monoisotopic (exact) mass is 350 g/mol. The van der Waals surface area contributed by atoms with Crippen LogP contribution in [0.3, 0.4) is 0 Å². The lowest BCUT2D eigenvalue weighted by Crippen LogP contribution is -2.52. The molecule has 134 valence electrons. The van der Waals surface area contributed by atoms with Crippen LogP contribution in [0.2, 0.25) is 0 Å². The van der Waals surface area contributed by atoms with E-state index < -0.39 is 28.6 Å². The van der Waals surface area contributed by atoms with E-state index in [9.17, 15) is 18.0 Å². The Balaban J connectivity index is 2.74. The number of nitrogens with zero attached hydrogens (tertiary/aromatic N) is 2. The predicted octanol–water partition coefficient (Wildman–Crippen LogP) is -0.148. The highest BCUT2D eigenvalue weighted by atomic mass is 32.2. The minimum Gasteiger partial charge on any atom is -0.480 e. The molecule has 0 aromatic carbocycles. The van der Waals surface area contributed by atoms with Gasteiger partial charge in [0.2, 0.25) is 15.9 Å². The molecule has 0 spiro atoms. The van der Waals surface area contributed by atoms with Gasteiger partial charge in [-0.3, -0.25) is 9.59 Å². The summed E-state index contributed by atoms with van der Waals surface area (Å²) < 4.78 is 29.7. The van der Waals surface area contributed by atoms with E-state index in [1.807, 2.05) is 20.8 Å². The van der Waals surface area contributed by atoms with Crippen LogP contribution in [-0.2, 0) is 24.3 Å². The first-order valence-corrected chi connectivity index (χ1v) is 9.44. The van der Waals surface area contributed by atoms with Gasteiger partial charge in [0, 0.05) is 25.6 Å². The van der Waals surface area contributed by atoms with E-state index in [4.69, 9.17) is 9.84 Å². The molecule has 1 N–H and O–H groups in total. The van der Waals surface area contributed by atoms with Gasteiger partial charge in [0.1, 0.15) is 6.54 Å². The maximum absolute atomic E-state index is 12.4. The van der Waals surface area contributed by atoms with Gasteiger partial charge in [-0.2, -0.15) is 4.31 Å². The van der Waals surface area contributed by atoms with Crippen LogP contribution in [0.25, 0.3) is 0 Å². The number of aliphatic carboxylic acids is 1. The number of morpholine rings is 1. The van der Waals surface area contributed by atoms with Gasteiger partial charge < -0.3 is 14.7 Å². The lowest BCUT2D eigenvalue weighted by atomic mass is 9.96. The second-order valence-corrected chi connectivity index (χ2v) is 8.24. The van der Waals surface area contributed by atoms with E-state index in [0.717, 1.165) is 10.6 Å². The second kappa shape index (κ2) is 8.07. The summed E-state index contributed by atoms with van der Waals surface area (Å²) in [5.41, 5.74) is 0. The highest BCUT2D eigenvalue weighted by Crippen LogP contribution is 2.17. The number of carbonyl (C=O) groups is 2. The number of carboxylic acid groups (broad SMARTS) is 1. The van der Waals surface area contributed by atoms with Gasteiger partial charge in [0.05, 0.1) is 19.0 Å². The van der Waals surface area contributed by atoms with Crippen molar-refractivity contribution in [1.29, 1.82) is 0 Å². The molecule has 1 amide bonds. The number of rotatable bonds is 7. The minimum absolute atomic E-state index is 0.0115. The highest BCUT2D eigenvalue weighted by molar-refractivity contribution is 7.88. The smallest absolute Gasteiger partial charge is 0.318 e. The number of ether oxygens (including phenoxy) is 1. The van der Waals surface area contributed by atoms with Crippen molar-refractivity contribution in [2.75, 3.05) is 39.0 Å². The molecule has 8 nitrogen and oxygen atoms in total. The molecular weight excluding hydrogens is 324 g/mol. The molecule has 0 aliphatic carbocycles. The molecule has 23 heavy (non-hydrogen) atoms. The fourth-order valence-electron chi connectivity index (χ4n) is 2.30. The van der Waals surface area contributed by atoms with Crippen LogP contribution in [0.5, 0.6) is 0 Å². The van der Waals surface area contributed by atoms with Gasteiger partial charge in [0.25, 0.3) is 0 Å². The summed E-state index contributed by atoms with van der Waals surface area (Å²) in [6.07, 6.45) is 0.434. The molecular formula is C14H26N2O6S. The van der Waals surface area contributed by atoms with Crippen LogP contribution in [0.15, 0.2) is 0 Å². The molecule has 0 aromatic heterocycles. The summed E-state index contributed by atoms with van der Waals surface area (Å²) in [7, 11) is -3.66. The Morgan fingerprint density at radius 2 is 1.96 bits per heavy atom. The van der Waals surface area contributed by atoms with Crippen molar-refractivity contribution in [3.63, 3.8) is 0 Å².